The van der Waals surface area contributed by atoms with Crippen LogP contribution in [-0.2, 0) is 11.3 Å². The number of carbonyl (C=O) groups excluding carboxylic acids is 1. The quantitative estimate of drug-likeness (QED) is 0.929. The Kier molecular flexibility index (Phi) is 4.57. The number of hydrogen-bond donors (Lipinski definition) is 1. The molecule has 1 aliphatic rings. The number of benzene rings is 1. The Bertz CT molecular complexity index is 481. The molecule has 0 aliphatic carbocycles. The topological polar surface area (TPSA) is 41.6 Å². The predicted octanol–water partition coefficient (Wildman–Crippen LogP) is 3.18. The fourth-order valence-electron chi connectivity index (χ4n) is 2.69. The zero-order valence-corrected chi connectivity index (χ0v) is 13.5. The van der Waals surface area contributed by atoms with Gasteiger partial charge in [-0.2, -0.15) is 0 Å². The van der Waals surface area contributed by atoms with Gasteiger partial charge in [0.15, 0.2) is 0 Å². The van der Waals surface area contributed by atoms with Crippen LogP contribution in [0.2, 0.25) is 0 Å². The van der Waals surface area contributed by atoms with Crippen molar-refractivity contribution in [1.29, 1.82) is 0 Å². The summed E-state index contributed by atoms with van der Waals surface area (Å²) in [4.78, 5) is 14.3. The second kappa shape index (κ2) is 6.06. The van der Waals surface area contributed by atoms with Crippen molar-refractivity contribution in [3.05, 3.63) is 35.9 Å². The molecule has 21 heavy (non-hydrogen) atoms. The molecule has 2 rings (SSSR count). The first-order valence-electron chi connectivity index (χ1n) is 7.53. The maximum absolute atomic E-state index is 11.9. The molecule has 1 unspecified atom stereocenters. The van der Waals surface area contributed by atoms with E-state index in [1.54, 1.807) is 0 Å². The van der Waals surface area contributed by atoms with Crippen LogP contribution in [0.5, 0.6) is 0 Å². The molecular weight excluding hydrogens is 264 g/mol. The second-order valence-electron chi connectivity index (χ2n) is 7.13. The van der Waals surface area contributed by atoms with Crippen molar-refractivity contribution >= 4 is 6.09 Å². The van der Waals surface area contributed by atoms with Crippen LogP contribution in [0.1, 0.15) is 39.7 Å². The molecule has 1 saturated heterocycles. The summed E-state index contributed by atoms with van der Waals surface area (Å²) >= 11 is 0. The van der Waals surface area contributed by atoms with Gasteiger partial charge in [0.2, 0.25) is 0 Å². The monoisotopic (exact) mass is 290 g/mol. The van der Waals surface area contributed by atoms with Crippen LogP contribution in [0.4, 0.5) is 4.79 Å². The first-order valence-corrected chi connectivity index (χ1v) is 7.53. The molecule has 116 valence electrons. The number of carbonyl (C=O) groups is 1. The first kappa shape index (κ1) is 15.8. The lowest BCUT2D eigenvalue weighted by atomic mass is 10.0. The highest BCUT2D eigenvalue weighted by Crippen LogP contribution is 2.23. The van der Waals surface area contributed by atoms with Gasteiger partial charge in [0.05, 0.1) is 5.54 Å². The van der Waals surface area contributed by atoms with Crippen molar-refractivity contribution in [3.8, 4) is 0 Å². The number of alkyl carbamates (subject to hydrolysis) is 1. The Morgan fingerprint density at radius 1 is 1.33 bits per heavy atom. The van der Waals surface area contributed by atoms with Gasteiger partial charge in [-0.3, -0.25) is 4.90 Å². The first-order chi connectivity index (χ1) is 9.76. The number of likely N-dealkylation sites (tertiary alicyclic amines) is 1. The van der Waals surface area contributed by atoms with Crippen LogP contribution in [0.15, 0.2) is 30.3 Å². The molecule has 0 aromatic heterocycles. The standard InChI is InChI=1S/C17H26N2O2/c1-16(2,3)21-15(20)18-17(4)10-11-19(13-17)12-14-8-6-5-7-9-14/h5-9H,10-13H2,1-4H3,(H,18,20). The summed E-state index contributed by atoms with van der Waals surface area (Å²) in [5.41, 5.74) is 0.638. The Balaban J connectivity index is 1.87. The van der Waals surface area contributed by atoms with Gasteiger partial charge in [-0.25, -0.2) is 4.79 Å². The zero-order chi connectivity index (χ0) is 15.5. The van der Waals surface area contributed by atoms with E-state index in [9.17, 15) is 4.79 Å². The van der Waals surface area contributed by atoms with E-state index < -0.39 is 5.60 Å². The summed E-state index contributed by atoms with van der Waals surface area (Å²) in [5.74, 6) is 0. The lowest BCUT2D eigenvalue weighted by Crippen LogP contribution is -2.49. The van der Waals surface area contributed by atoms with Gasteiger partial charge in [0.1, 0.15) is 5.60 Å². The highest BCUT2D eigenvalue weighted by Gasteiger charge is 2.36. The molecule has 0 radical (unpaired) electrons. The third-order valence-electron chi connectivity index (χ3n) is 3.60. The van der Waals surface area contributed by atoms with E-state index >= 15 is 0 Å². The van der Waals surface area contributed by atoms with Gasteiger partial charge >= 0.3 is 6.09 Å². The summed E-state index contributed by atoms with van der Waals surface area (Å²) in [6, 6.07) is 10.4. The maximum Gasteiger partial charge on any atom is 0.408 e. The Morgan fingerprint density at radius 2 is 2.00 bits per heavy atom. The minimum absolute atomic E-state index is 0.211. The number of hydrogen-bond acceptors (Lipinski definition) is 3. The molecular formula is C17H26N2O2. The van der Waals surface area contributed by atoms with E-state index in [2.05, 4.69) is 41.4 Å². The smallest absolute Gasteiger partial charge is 0.408 e. The summed E-state index contributed by atoms with van der Waals surface area (Å²) in [6.07, 6.45) is 0.616. The summed E-state index contributed by atoms with van der Waals surface area (Å²) in [5, 5.41) is 3.02. The van der Waals surface area contributed by atoms with Crippen LogP contribution in [-0.4, -0.2) is 35.2 Å². The van der Waals surface area contributed by atoms with Crippen LogP contribution in [0.3, 0.4) is 0 Å². The fourth-order valence-corrected chi connectivity index (χ4v) is 2.69. The zero-order valence-electron chi connectivity index (χ0n) is 13.5. The SMILES string of the molecule is CC1(NC(=O)OC(C)(C)C)CCN(Cc2ccccc2)C1. The highest BCUT2D eigenvalue weighted by molar-refractivity contribution is 5.68. The molecule has 1 aliphatic heterocycles. The lowest BCUT2D eigenvalue weighted by molar-refractivity contribution is 0.0467. The van der Waals surface area contributed by atoms with Crippen molar-refractivity contribution in [3.63, 3.8) is 0 Å². The van der Waals surface area contributed by atoms with Crippen molar-refractivity contribution in [2.45, 2.75) is 51.8 Å². The Labute approximate surface area is 127 Å². The fraction of sp³-hybridized carbons (Fsp3) is 0.588. The average Bonchev–Trinajstić information content (AvgIpc) is 2.69. The summed E-state index contributed by atoms with van der Waals surface area (Å²) in [6.45, 7) is 10.5. The maximum atomic E-state index is 11.9. The molecule has 1 amide bonds. The molecule has 4 heteroatoms. The van der Waals surface area contributed by atoms with Crippen LogP contribution < -0.4 is 5.32 Å². The molecule has 1 aromatic carbocycles. The van der Waals surface area contributed by atoms with E-state index in [-0.39, 0.29) is 11.6 Å². The normalized spacial score (nSPS) is 23.0. The van der Waals surface area contributed by atoms with Gasteiger partial charge in [-0.1, -0.05) is 30.3 Å². The molecule has 0 bridgehead atoms. The Hall–Kier alpha value is -1.55. The van der Waals surface area contributed by atoms with Gasteiger partial charge in [0.25, 0.3) is 0 Å². The van der Waals surface area contributed by atoms with Gasteiger partial charge in [-0.15, -0.1) is 0 Å². The minimum Gasteiger partial charge on any atom is -0.444 e. The predicted molar refractivity (Wildman–Crippen MR) is 84.1 cm³/mol. The Morgan fingerprint density at radius 3 is 2.62 bits per heavy atom. The molecule has 0 spiro atoms. The van der Waals surface area contributed by atoms with Gasteiger partial charge in [-0.05, 0) is 39.7 Å². The molecule has 1 fully saturated rings. The van der Waals surface area contributed by atoms with E-state index in [1.807, 2.05) is 26.8 Å². The lowest BCUT2D eigenvalue weighted by Gasteiger charge is -2.28. The molecule has 1 N–H and O–H groups in total. The van der Waals surface area contributed by atoms with E-state index in [1.165, 1.54) is 5.56 Å². The molecule has 4 nitrogen and oxygen atoms in total. The van der Waals surface area contributed by atoms with E-state index in [4.69, 9.17) is 4.74 Å². The van der Waals surface area contributed by atoms with Crippen LogP contribution in [0.25, 0.3) is 0 Å². The van der Waals surface area contributed by atoms with E-state index in [0.717, 1.165) is 26.1 Å². The molecule has 1 aromatic rings. The number of nitrogens with one attached hydrogen (secondary N) is 1. The largest absolute Gasteiger partial charge is 0.444 e. The summed E-state index contributed by atoms with van der Waals surface area (Å²) < 4.78 is 5.35. The van der Waals surface area contributed by atoms with Crippen LogP contribution >= 0.6 is 0 Å². The third kappa shape index (κ3) is 5.05. The van der Waals surface area contributed by atoms with Gasteiger partial charge < -0.3 is 10.1 Å². The van der Waals surface area contributed by atoms with E-state index in [0.29, 0.717) is 0 Å². The molecule has 1 heterocycles. The number of amides is 1. The van der Waals surface area contributed by atoms with Crippen molar-refractivity contribution in [1.82, 2.24) is 10.2 Å². The number of rotatable bonds is 3. The number of nitrogens with zero attached hydrogens (tertiary/aromatic N) is 1. The third-order valence-corrected chi connectivity index (χ3v) is 3.60. The average molecular weight is 290 g/mol. The minimum atomic E-state index is -0.456. The van der Waals surface area contributed by atoms with Crippen LogP contribution in [0, 0.1) is 0 Å². The van der Waals surface area contributed by atoms with Gasteiger partial charge in [0, 0.05) is 19.6 Å². The van der Waals surface area contributed by atoms with Crippen molar-refractivity contribution in [2.75, 3.05) is 13.1 Å². The van der Waals surface area contributed by atoms with Crippen molar-refractivity contribution < 1.29 is 9.53 Å². The number of ether oxygens (including phenoxy) is 1. The van der Waals surface area contributed by atoms with Crippen molar-refractivity contribution in [2.24, 2.45) is 0 Å². The summed E-state index contributed by atoms with van der Waals surface area (Å²) in [7, 11) is 0. The highest BCUT2D eigenvalue weighted by atomic mass is 16.6. The molecule has 0 saturated carbocycles. The second-order valence-corrected chi connectivity index (χ2v) is 7.13. The molecule has 1 atom stereocenters.